The van der Waals surface area contributed by atoms with E-state index < -0.39 is 0 Å². The summed E-state index contributed by atoms with van der Waals surface area (Å²) in [6.45, 7) is 7.26. The number of benzene rings is 1. The van der Waals surface area contributed by atoms with E-state index in [1.807, 2.05) is 61.2 Å². The van der Waals surface area contributed by atoms with Crippen molar-refractivity contribution in [3.8, 4) is 0 Å². The zero-order valence-electron chi connectivity index (χ0n) is 16.9. The van der Waals surface area contributed by atoms with Crippen molar-refractivity contribution in [2.45, 2.75) is 26.4 Å². The average molecular weight is 418 g/mol. The van der Waals surface area contributed by atoms with Crippen molar-refractivity contribution in [2.75, 3.05) is 37.6 Å². The molecule has 8 heteroatoms. The first-order valence-electron chi connectivity index (χ1n) is 10.1. The molecule has 0 aliphatic carbocycles. The van der Waals surface area contributed by atoms with Crippen molar-refractivity contribution in [3.63, 3.8) is 0 Å². The highest BCUT2D eigenvalue weighted by molar-refractivity contribution is 6.30. The summed E-state index contributed by atoms with van der Waals surface area (Å²) in [5, 5.41) is 2.24. The van der Waals surface area contributed by atoms with Crippen LogP contribution in [-0.4, -0.2) is 65.6 Å². The lowest BCUT2D eigenvalue weighted by Gasteiger charge is -2.36. The molecule has 1 aromatic rings. The van der Waals surface area contributed by atoms with Crippen LogP contribution in [0.15, 0.2) is 48.7 Å². The lowest BCUT2D eigenvalue weighted by molar-refractivity contribution is -0.131. The maximum atomic E-state index is 12.6. The van der Waals surface area contributed by atoms with Crippen molar-refractivity contribution in [2.24, 2.45) is 0 Å². The molecule has 0 spiro atoms. The molecule has 2 fully saturated rings. The van der Waals surface area contributed by atoms with Crippen molar-refractivity contribution < 1.29 is 9.59 Å². The molecule has 3 heterocycles. The standard InChI is InChI=1S/C19H22ClN5O2.C2H6/c20-15-4-3-5-16(14-15)22-10-12-23(13-11-22)18(26)7-9-25-19(27)24-8-2-1-6-17(24)21-25;1-2/h1-6,8,14,17,21H,7,9-13H2;1-2H3. The Morgan fingerprint density at radius 3 is 2.62 bits per heavy atom. The van der Waals surface area contributed by atoms with Crippen LogP contribution in [0.25, 0.3) is 0 Å². The van der Waals surface area contributed by atoms with Gasteiger partial charge in [0, 0.05) is 56.1 Å². The molecule has 0 saturated carbocycles. The van der Waals surface area contributed by atoms with Crippen LogP contribution in [0.3, 0.4) is 0 Å². The monoisotopic (exact) mass is 417 g/mol. The average Bonchev–Trinajstić information content (AvgIpc) is 3.09. The van der Waals surface area contributed by atoms with Gasteiger partial charge >= 0.3 is 6.03 Å². The van der Waals surface area contributed by atoms with E-state index in [0.717, 1.165) is 23.8 Å². The highest BCUT2D eigenvalue weighted by atomic mass is 35.5. The van der Waals surface area contributed by atoms with Gasteiger partial charge in [0.25, 0.3) is 0 Å². The number of halogens is 1. The second-order valence-corrected chi connectivity index (χ2v) is 7.18. The van der Waals surface area contributed by atoms with Crippen LogP contribution < -0.4 is 10.3 Å². The number of piperazine rings is 1. The minimum absolute atomic E-state index is 0.0753. The normalized spacial score (nSPS) is 20.5. The molecule has 1 aromatic carbocycles. The summed E-state index contributed by atoms with van der Waals surface area (Å²) in [6.07, 6.45) is 7.54. The summed E-state index contributed by atoms with van der Waals surface area (Å²) >= 11 is 6.06. The molecule has 0 radical (unpaired) electrons. The Labute approximate surface area is 177 Å². The summed E-state index contributed by atoms with van der Waals surface area (Å²) in [5.41, 5.74) is 4.20. The Bertz CT molecular complexity index is 789. The van der Waals surface area contributed by atoms with E-state index in [0.29, 0.717) is 26.1 Å². The maximum Gasteiger partial charge on any atom is 0.340 e. The molecule has 0 aromatic heterocycles. The number of urea groups is 1. The van der Waals surface area contributed by atoms with Crippen LogP contribution in [-0.2, 0) is 4.79 Å². The summed E-state index contributed by atoms with van der Waals surface area (Å²) in [7, 11) is 0. The third-order valence-corrected chi connectivity index (χ3v) is 5.28. The molecule has 3 amide bonds. The van der Waals surface area contributed by atoms with Crippen LogP contribution in [0.1, 0.15) is 20.3 Å². The van der Waals surface area contributed by atoms with E-state index in [9.17, 15) is 9.59 Å². The largest absolute Gasteiger partial charge is 0.368 e. The first-order valence-corrected chi connectivity index (χ1v) is 10.5. The Hall–Kier alpha value is -2.51. The van der Waals surface area contributed by atoms with Gasteiger partial charge in [-0.25, -0.2) is 10.2 Å². The number of nitrogens with zero attached hydrogens (tertiary/aromatic N) is 4. The second-order valence-electron chi connectivity index (χ2n) is 6.74. The fourth-order valence-corrected chi connectivity index (χ4v) is 3.74. The van der Waals surface area contributed by atoms with Crippen molar-refractivity contribution in [1.29, 1.82) is 0 Å². The molecule has 0 bridgehead atoms. The van der Waals surface area contributed by atoms with Gasteiger partial charge in [0.05, 0.1) is 0 Å². The number of anilines is 1. The van der Waals surface area contributed by atoms with Crippen LogP contribution in [0, 0.1) is 0 Å². The molecule has 3 aliphatic rings. The predicted octanol–water partition coefficient (Wildman–Crippen LogP) is 3.06. The van der Waals surface area contributed by atoms with Gasteiger partial charge in [-0.3, -0.25) is 14.7 Å². The fourth-order valence-electron chi connectivity index (χ4n) is 3.55. The molecule has 2 saturated heterocycles. The SMILES string of the molecule is CC.O=C(CCN1NC2C=CC=CN2C1=O)N1CCN(c2cccc(Cl)c2)CC1. The number of amides is 3. The van der Waals surface area contributed by atoms with Gasteiger partial charge in [-0.05, 0) is 30.4 Å². The zero-order chi connectivity index (χ0) is 20.8. The summed E-state index contributed by atoms with van der Waals surface area (Å²) < 4.78 is 0. The van der Waals surface area contributed by atoms with Gasteiger partial charge in [0.2, 0.25) is 5.91 Å². The van der Waals surface area contributed by atoms with Gasteiger partial charge in [-0.2, -0.15) is 0 Å². The van der Waals surface area contributed by atoms with Crippen molar-refractivity contribution in [1.82, 2.24) is 20.2 Å². The Kier molecular flexibility index (Phi) is 7.17. The van der Waals surface area contributed by atoms with E-state index >= 15 is 0 Å². The van der Waals surface area contributed by atoms with Gasteiger partial charge in [0.1, 0.15) is 6.17 Å². The van der Waals surface area contributed by atoms with Gasteiger partial charge in [-0.15, -0.1) is 0 Å². The molecular weight excluding hydrogens is 390 g/mol. The molecule has 156 valence electrons. The Morgan fingerprint density at radius 2 is 1.93 bits per heavy atom. The third-order valence-electron chi connectivity index (χ3n) is 5.05. The number of carbonyl (C=O) groups is 2. The number of hydrogen-bond donors (Lipinski definition) is 1. The smallest absolute Gasteiger partial charge is 0.340 e. The molecule has 3 aliphatic heterocycles. The topological polar surface area (TPSA) is 59.1 Å². The summed E-state index contributed by atoms with van der Waals surface area (Å²) in [5.74, 6) is 0.0753. The number of carbonyl (C=O) groups excluding carboxylic acids is 2. The fraction of sp³-hybridized carbons (Fsp3) is 0.429. The van der Waals surface area contributed by atoms with Crippen LogP contribution >= 0.6 is 11.6 Å². The number of fused-ring (bicyclic) bond motifs is 1. The first kappa shape index (κ1) is 21.2. The quantitative estimate of drug-likeness (QED) is 0.818. The minimum atomic E-state index is -0.154. The second kappa shape index (κ2) is 9.80. The van der Waals surface area contributed by atoms with E-state index in [4.69, 9.17) is 11.6 Å². The Balaban J connectivity index is 0.00000117. The summed E-state index contributed by atoms with van der Waals surface area (Å²) in [4.78, 5) is 30.6. The number of allylic oxidation sites excluding steroid dienone is 2. The zero-order valence-corrected chi connectivity index (χ0v) is 17.7. The van der Waals surface area contributed by atoms with Crippen LogP contribution in [0.2, 0.25) is 5.02 Å². The highest BCUT2D eigenvalue weighted by Crippen LogP contribution is 2.21. The van der Waals surface area contributed by atoms with E-state index in [1.54, 1.807) is 11.1 Å². The van der Waals surface area contributed by atoms with Crippen LogP contribution in [0.5, 0.6) is 0 Å². The lowest BCUT2D eigenvalue weighted by Crippen LogP contribution is -2.49. The molecular formula is C21H28ClN5O2. The molecule has 29 heavy (non-hydrogen) atoms. The molecule has 7 nitrogen and oxygen atoms in total. The van der Waals surface area contributed by atoms with Crippen LogP contribution in [0.4, 0.5) is 10.5 Å². The lowest BCUT2D eigenvalue weighted by atomic mass is 10.2. The number of rotatable bonds is 4. The number of hydrogen-bond acceptors (Lipinski definition) is 4. The highest BCUT2D eigenvalue weighted by Gasteiger charge is 2.35. The van der Waals surface area contributed by atoms with E-state index in [2.05, 4.69) is 10.3 Å². The molecule has 1 N–H and O–H groups in total. The summed E-state index contributed by atoms with van der Waals surface area (Å²) in [6, 6.07) is 7.65. The molecule has 1 atom stereocenters. The van der Waals surface area contributed by atoms with Gasteiger partial charge in [-0.1, -0.05) is 37.6 Å². The Morgan fingerprint density at radius 1 is 1.17 bits per heavy atom. The van der Waals surface area contributed by atoms with Crippen molar-refractivity contribution >= 4 is 29.2 Å². The third kappa shape index (κ3) is 4.92. The number of hydrazine groups is 1. The predicted molar refractivity (Wildman–Crippen MR) is 115 cm³/mol. The van der Waals surface area contributed by atoms with E-state index in [1.165, 1.54) is 5.01 Å². The van der Waals surface area contributed by atoms with E-state index in [-0.39, 0.29) is 18.1 Å². The first-order chi connectivity index (χ1) is 14.1. The maximum absolute atomic E-state index is 12.6. The number of nitrogens with one attached hydrogen (secondary N) is 1. The molecule has 1 unspecified atom stereocenters. The van der Waals surface area contributed by atoms with Crippen molar-refractivity contribution in [3.05, 3.63) is 53.7 Å². The van der Waals surface area contributed by atoms with Gasteiger partial charge in [0.15, 0.2) is 0 Å². The molecule has 4 rings (SSSR count). The van der Waals surface area contributed by atoms with Gasteiger partial charge < -0.3 is 9.80 Å². The minimum Gasteiger partial charge on any atom is -0.368 e.